The SMILES string of the molecule is CCC[C@@H](C)[C@@H](CC)OC. The minimum absolute atomic E-state index is 0.472. The van der Waals surface area contributed by atoms with Crippen molar-refractivity contribution in [2.75, 3.05) is 7.11 Å². The van der Waals surface area contributed by atoms with E-state index in [0.29, 0.717) is 6.10 Å². The highest BCUT2D eigenvalue weighted by molar-refractivity contribution is 4.63. The Bertz CT molecular complexity index is 67.1. The minimum atomic E-state index is 0.472. The van der Waals surface area contributed by atoms with E-state index in [1.165, 1.54) is 12.8 Å². The molecular formula is C9H20O. The molecule has 0 aliphatic carbocycles. The average Bonchev–Trinajstić information content (AvgIpc) is 1.91. The van der Waals surface area contributed by atoms with E-state index in [9.17, 15) is 0 Å². The summed E-state index contributed by atoms with van der Waals surface area (Å²) in [4.78, 5) is 0. The van der Waals surface area contributed by atoms with Crippen LogP contribution in [0.4, 0.5) is 0 Å². The first-order valence-electron chi connectivity index (χ1n) is 4.29. The van der Waals surface area contributed by atoms with Crippen molar-refractivity contribution >= 4 is 0 Å². The third-order valence-corrected chi connectivity index (χ3v) is 2.08. The van der Waals surface area contributed by atoms with Crippen molar-refractivity contribution < 1.29 is 4.74 Å². The molecule has 0 heterocycles. The van der Waals surface area contributed by atoms with Gasteiger partial charge in [0.2, 0.25) is 0 Å². The molecule has 0 N–H and O–H groups in total. The lowest BCUT2D eigenvalue weighted by atomic mass is 9.98. The summed E-state index contributed by atoms with van der Waals surface area (Å²) < 4.78 is 5.31. The molecule has 0 spiro atoms. The summed E-state index contributed by atoms with van der Waals surface area (Å²) >= 11 is 0. The third kappa shape index (κ3) is 3.21. The Morgan fingerprint density at radius 3 is 2.20 bits per heavy atom. The smallest absolute Gasteiger partial charge is 0.0594 e. The molecule has 0 aromatic heterocycles. The van der Waals surface area contributed by atoms with Gasteiger partial charge in [-0.2, -0.15) is 0 Å². The van der Waals surface area contributed by atoms with Crippen LogP contribution < -0.4 is 0 Å². The van der Waals surface area contributed by atoms with Gasteiger partial charge in [-0.15, -0.1) is 0 Å². The first-order chi connectivity index (χ1) is 4.76. The number of rotatable bonds is 5. The minimum Gasteiger partial charge on any atom is -0.381 e. The molecule has 0 amide bonds. The van der Waals surface area contributed by atoms with Crippen LogP contribution in [-0.4, -0.2) is 13.2 Å². The first kappa shape index (κ1) is 9.96. The quantitative estimate of drug-likeness (QED) is 0.576. The number of hydrogen-bond donors (Lipinski definition) is 0. The largest absolute Gasteiger partial charge is 0.381 e. The fourth-order valence-electron chi connectivity index (χ4n) is 1.44. The van der Waals surface area contributed by atoms with Gasteiger partial charge in [-0.25, -0.2) is 0 Å². The van der Waals surface area contributed by atoms with E-state index >= 15 is 0 Å². The van der Waals surface area contributed by atoms with Crippen LogP contribution in [0.3, 0.4) is 0 Å². The normalized spacial score (nSPS) is 16.8. The topological polar surface area (TPSA) is 9.23 Å². The highest BCUT2D eigenvalue weighted by atomic mass is 16.5. The maximum Gasteiger partial charge on any atom is 0.0594 e. The predicted molar refractivity (Wildman–Crippen MR) is 45.2 cm³/mol. The molecule has 0 aliphatic heterocycles. The Hall–Kier alpha value is -0.0400. The van der Waals surface area contributed by atoms with E-state index in [-0.39, 0.29) is 0 Å². The fourth-order valence-corrected chi connectivity index (χ4v) is 1.44. The maximum atomic E-state index is 5.31. The summed E-state index contributed by atoms with van der Waals surface area (Å²) in [5, 5.41) is 0. The van der Waals surface area contributed by atoms with E-state index < -0.39 is 0 Å². The first-order valence-corrected chi connectivity index (χ1v) is 4.29. The van der Waals surface area contributed by atoms with E-state index in [4.69, 9.17) is 4.74 Å². The summed E-state index contributed by atoms with van der Waals surface area (Å²) in [6, 6.07) is 0. The maximum absolute atomic E-state index is 5.31. The van der Waals surface area contributed by atoms with Crippen molar-refractivity contribution in [1.29, 1.82) is 0 Å². The Morgan fingerprint density at radius 1 is 1.30 bits per heavy atom. The van der Waals surface area contributed by atoms with Gasteiger partial charge in [0.1, 0.15) is 0 Å². The highest BCUT2D eigenvalue weighted by Gasteiger charge is 2.12. The Labute approximate surface area is 64.8 Å². The molecule has 0 radical (unpaired) electrons. The Balaban J connectivity index is 3.53. The van der Waals surface area contributed by atoms with Gasteiger partial charge in [0, 0.05) is 7.11 Å². The standard InChI is InChI=1S/C9H20O/c1-5-7-8(3)9(6-2)10-4/h8-9H,5-7H2,1-4H3/t8-,9-/m1/s1. The number of hydrogen-bond acceptors (Lipinski definition) is 1. The average molecular weight is 144 g/mol. The molecule has 0 aromatic rings. The zero-order chi connectivity index (χ0) is 7.98. The van der Waals surface area contributed by atoms with Gasteiger partial charge < -0.3 is 4.74 Å². The lowest BCUT2D eigenvalue weighted by molar-refractivity contribution is 0.0522. The molecule has 0 aliphatic rings. The van der Waals surface area contributed by atoms with Crippen molar-refractivity contribution in [2.24, 2.45) is 5.92 Å². The van der Waals surface area contributed by atoms with Gasteiger partial charge >= 0.3 is 0 Å². The Morgan fingerprint density at radius 2 is 1.90 bits per heavy atom. The van der Waals surface area contributed by atoms with E-state index in [0.717, 1.165) is 12.3 Å². The van der Waals surface area contributed by atoms with Gasteiger partial charge in [0.15, 0.2) is 0 Å². The number of ether oxygens (including phenoxy) is 1. The lowest BCUT2D eigenvalue weighted by Crippen LogP contribution is -2.18. The van der Waals surface area contributed by atoms with Crippen molar-refractivity contribution in [3.05, 3.63) is 0 Å². The van der Waals surface area contributed by atoms with Crippen molar-refractivity contribution in [2.45, 2.75) is 46.1 Å². The van der Waals surface area contributed by atoms with Crippen LogP contribution in [0.5, 0.6) is 0 Å². The molecule has 0 bridgehead atoms. The van der Waals surface area contributed by atoms with Crippen LogP contribution in [-0.2, 0) is 4.74 Å². The fraction of sp³-hybridized carbons (Fsp3) is 1.00. The summed E-state index contributed by atoms with van der Waals surface area (Å²) in [5.74, 6) is 0.722. The van der Waals surface area contributed by atoms with Gasteiger partial charge in [0.25, 0.3) is 0 Å². The molecule has 0 saturated carbocycles. The van der Waals surface area contributed by atoms with Crippen LogP contribution in [0.2, 0.25) is 0 Å². The second kappa shape index (κ2) is 5.72. The summed E-state index contributed by atoms with van der Waals surface area (Å²) in [6.45, 7) is 6.67. The molecule has 0 saturated heterocycles. The van der Waals surface area contributed by atoms with Gasteiger partial charge in [-0.3, -0.25) is 0 Å². The monoisotopic (exact) mass is 144 g/mol. The molecule has 0 unspecified atom stereocenters. The third-order valence-electron chi connectivity index (χ3n) is 2.08. The van der Waals surface area contributed by atoms with Crippen LogP contribution in [0.1, 0.15) is 40.0 Å². The zero-order valence-corrected chi connectivity index (χ0v) is 7.68. The molecule has 0 rings (SSSR count). The molecule has 1 nitrogen and oxygen atoms in total. The summed E-state index contributed by atoms with van der Waals surface area (Å²) in [7, 11) is 1.81. The molecule has 0 fully saturated rings. The zero-order valence-electron chi connectivity index (χ0n) is 7.68. The van der Waals surface area contributed by atoms with Crippen LogP contribution in [0, 0.1) is 5.92 Å². The molecule has 0 aromatic carbocycles. The van der Waals surface area contributed by atoms with Gasteiger partial charge in [0.05, 0.1) is 6.10 Å². The molecule has 2 atom stereocenters. The van der Waals surface area contributed by atoms with Crippen LogP contribution in [0.15, 0.2) is 0 Å². The van der Waals surface area contributed by atoms with Crippen molar-refractivity contribution in [3.8, 4) is 0 Å². The van der Waals surface area contributed by atoms with Gasteiger partial charge in [-0.1, -0.05) is 27.2 Å². The van der Waals surface area contributed by atoms with Crippen LogP contribution >= 0.6 is 0 Å². The highest BCUT2D eigenvalue weighted by Crippen LogP contribution is 2.15. The lowest BCUT2D eigenvalue weighted by Gasteiger charge is -2.20. The summed E-state index contributed by atoms with van der Waals surface area (Å²) in [5.41, 5.74) is 0. The van der Waals surface area contributed by atoms with Crippen molar-refractivity contribution in [3.63, 3.8) is 0 Å². The molecule has 1 heteroatoms. The summed E-state index contributed by atoms with van der Waals surface area (Å²) in [6.07, 6.45) is 4.16. The van der Waals surface area contributed by atoms with Crippen LogP contribution in [0.25, 0.3) is 0 Å². The number of methoxy groups -OCH3 is 1. The molecule has 10 heavy (non-hydrogen) atoms. The van der Waals surface area contributed by atoms with E-state index in [2.05, 4.69) is 20.8 Å². The van der Waals surface area contributed by atoms with Gasteiger partial charge in [-0.05, 0) is 18.8 Å². The predicted octanol–water partition coefficient (Wildman–Crippen LogP) is 2.85. The molecule has 62 valence electrons. The second-order valence-corrected chi connectivity index (χ2v) is 2.95. The van der Waals surface area contributed by atoms with E-state index in [1.807, 2.05) is 0 Å². The van der Waals surface area contributed by atoms with Crippen molar-refractivity contribution in [1.82, 2.24) is 0 Å². The molecular weight excluding hydrogens is 124 g/mol. The Kier molecular flexibility index (Phi) is 5.70. The second-order valence-electron chi connectivity index (χ2n) is 2.95. The van der Waals surface area contributed by atoms with E-state index in [1.54, 1.807) is 7.11 Å².